The highest BCUT2D eigenvalue weighted by Gasteiger charge is 2.27. The second-order valence-corrected chi connectivity index (χ2v) is 5.18. The minimum Gasteiger partial charge on any atom is -0.360 e. The summed E-state index contributed by atoms with van der Waals surface area (Å²) < 4.78 is 6.18. The fourth-order valence-electron chi connectivity index (χ4n) is 1.73. The highest BCUT2D eigenvalue weighted by atomic mass is 32.1. The third-order valence-corrected chi connectivity index (χ3v) is 3.52. The van der Waals surface area contributed by atoms with Crippen molar-refractivity contribution >= 4 is 16.7 Å². The molecule has 0 atom stereocenters. The molecule has 0 unspecified atom stereocenters. The fourth-order valence-corrected chi connectivity index (χ4v) is 2.40. The monoisotopic (exact) mass is 249 g/mol. The van der Waals surface area contributed by atoms with Gasteiger partial charge in [-0.25, -0.2) is 4.98 Å². The van der Waals surface area contributed by atoms with Gasteiger partial charge in [-0.3, -0.25) is 4.68 Å². The van der Waals surface area contributed by atoms with Crippen molar-refractivity contribution in [3.8, 4) is 0 Å². The summed E-state index contributed by atoms with van der Waals surface area (Å²) >= 11 is 1.47. The zero-order valence-corrected chi connectivity index (χ0v) is 10.6. The van der Waals surface area contributed by atoms with E-state index in [-0.39, 0.29) is 0 Å². The smallest absolute Gasteiger partial charge is 0.202 e. The summed E-state index contributed by atoms with van der Waals surface area (Å²) in [5.41, 5.74) is 1.24. The second-order valence-electron chi connectivity index (χ2n) is 4.43. The van der Waals surface area contributed by atoms with Crippen LogP contribution in [-0.2, 0) is 13.5 Å². The van der Waals surface area contributed by atoms with Crippen LogP contribution in [-0.4, -0.2) is 25.7 Å². The van der Waals surface area contributed by atoms with Crippen LogP contribution >= 0.6 is 11.5 Å². The van der Waals surface area contributed by atoms with Crippen molar-refractivity contribution in [1.82, 2.24) is 19.1 Å². The average Bonchev–Trinajstić information content (AvgIpc) is 2.93. The predicted octanol–water partition coefficient (Wildman–Crippen LogP) is 1.80. The van der Waals surface area contributed by atoms with Crippen LogP contribution < -0.4 is 5.32 Å². The Hall–Kier alpha value is -1.43. The maximum Gasteiger partial charge on any atom is 0.202 e. The van der Waals surface area contributed by atoms with E-state index in [4.69, 9.17) is 0 Å². The van der Waals surface area contributed by atoms with Crippen molar-refractivity contribution in [2.24, 2.45) is 7.05 Å². The van der Waals surface area contributed by atoms with Gasteiger partial charge in [-0.15, -0.1) is 0 Å². The van der Waals surface area contributed by atoms with E-state index in [0.717, 1.165) is 23.9 Å². The summed E-state index contributed by atoms with van der Waals surface area (Å²) in [4.78, 5) is 4.48. The maximum absolute atomic E-state index is 4.48. The topological polar surface area (TPSA) is 55.6 Å². The Kier molecular flexibility index (Phi) is 2.80. The fraction of sp³-hybridized carbons (Fsp3) is 0.545. The minimum atomic E-state index is 0.639. The molecule has 1 N–H and O–H groups in total. The Labute approximate surface area is 104 Å². The van der Waals surface area contributed by atoms with Crippen LogP contribution in [0.1, 0.15) is 30.1 Å². The van der Waals surface area contributed by atoms with Crippen LogP contribution in [0.2, 0.25) is 0 Å². The van der Waals surface area contributed by atoms with Gasteiger partial charge in [0.05, 0.1) is 6.20 Å². The van der Waals surface area contributed by atoms with Gasteiger partial charge < -0.3 is 5.32 Å². The van der Waals surface area contributed by atoms with Gasteiger partial charge in [0.15, 0.2) is 0 Å². The van der Waals surface area contributed by atoms with E-state index in [9.17, 15) is 0 Å². The Balaban J connectivity index is 1.49. The molecule has 5 nitrogen and oxygen atoms in total. The molecule has 0 saturated heterocycles. The third kappa shape index (κ3) is 2.63. The Morgan fingerprint density at radius 1 is 1.53 bits per heavy atom. The normalized spacial score (nSPS) is 15.1. The summed E-state index contributed by atoms with van der Waals surface area (Å²) in [7, 11) is 1.93. The van der Waals surface area contributed by atoms with Crippen LogP contribution in [0.25, 0.3) is 0 Å². The number of rotatable bonds is 5. The highest BCUT2D eigenvalue weighted by molar-refractivity contribution is 7.09. The van der Waals surface area contributed by atoms with E-state index in [1.54, 1.807) is 0 Å². The zero-order valence-electron chi connectivity index (χ0n) is 9.76. The van der Waals surface area contributed by atoms with Gasteiger partial charge in [-0.2, -0.15) is 9.47 Å². The molecule has 0 bridgehead atoms. The summed E-state index contributed by atoms with van der Waals surface area (Å²) in [6.45, 7) is 0.880. The molecule has 2 heterocycles. The lowest BCUT2D eigenvalue weighted by molar-refractivity contribution is 0.767. The Morgan fingerprint density at radius 3 is 3.12 bits per heavy atom. The summed E-state index contributed by atoms with van der Waals surface area (Å²) in [6, 6.07) is 0. The summed E-state index contributed by atoms with van der Waals surface area (Å²) in [5.74, 6) is 1.67. The molecule has 90 valence electrons. The lowest BCUT2D eigenvalue weighted by Gasteiger charge is -1.99. The molecule has 0 spiro atoms. The number of aromatic nitrogens is 4. The van der Waals surface area contributed by atoms with Crippen molar-refractivity contribution in [1.29, 1.82) is 0 Å². The van der Waals surface area contributed by atoms with Crippen LogP contribution in [0.4, 0.5) is 5.13 Å². The first-order chi connectivity index (χ1) is 8.31. The first-order valence-electron chi connectivity index (χ1n) is 5.86. The molecule has 1 aliphatic carbocycles. The van der Waals surface area contributed by atoms with Gasteiger partial charge in [0.2, 0.25) is 5.13 Å². The predicted molar refractivity (Wildman–Crippen MR) is 67.3 cm³/mol. The number of anilines is 1. The van der Waals surface area contributed by atoms with E-state index in [0.29, 0.717) is 5.92 Å². The molecule has 1 fully saturated rings. The molecule has 0 aromatic carbocycles. The van der Waals surface area contributed by atoms with Crippen LogP contribution in [0.5, 0.6) is 0 Å². The Bertz CT molecular complexity index is 499. The van der Waals surface area contributed by atoms with Crippen molar-refractivity contribution in [2.75, 3.05) is 11.9 Å². The summed E-state index contributed by atoms with van der Waals surface area (Å²) in [5, 5.41) is 8.40. The van der Waals surface area contributed by atoms with Gasteiger partial charge in [-0.1, -0.05) is 0 Å². The molecule has 2 aromatic rings. The van der Waals surface area contributed by atoms with Crippen LogP contribution in [0, 0.1) is 0 Å². The SMILES string of the molecule is Cn1cc(CCNc2nc(C3CC3)ns2)cn1. The van der Waals surface area contributed by atoms with Gasteiger partial charge >= 0.3 is 0 Å². The third-order valence-electron chi connectivity index (χ3n) is 2.83. The van der Waals surface area contributed by atoms with Crippen molar-refractivity contribution in [2.45, 2.75) is 25.2 Å². The minimum absolute atomic E-state index is 0.639. The maximum atomic E-state index is 4.48. The zero-order chi connectivity index (χ0) is 11.7. The molecule has 17 heavy (non-hydrogen) atoms. The largest absolute Gasteiger partial charge is 0.360 e. The molecule has 0 aliphatic heterocycles. The van der Waals surface area contributed by atoms with Gasteiger partial charge in [0.25, 0.3) is 0 Å². The second kappa shape index (κ2) is 4.44. The van der Waals surface area contributed by atoms with Gasteiger partial charge in [0.1, 0.15) is 5.82 Å². The molecule has 6 heteroatoms. The summed E-state index contributed by atoms with van der Waals surface area (Å²) in [6.07, 6.45) is 7.42. The first kappa shape index (κ1) is 10.7. The quantitative estimate of drug-likeness (QED) is 0.878. The lowest BCUT2D eigenvalue weighted by atomic mass is 10.2. The van der Waals surface area contributed by atoms with E-state index < -0.39 is 0 Å². The molecular weight excluding hydrogens is 234 g/mol. The van der Waals surface area contributed by atoms with E-state index in [2.05, 4.69) is 19.8 Å². The first-order valence-corrected chi connectivity index (χ1v) is 6.63. The van der Waals surface area contributed by atoms with Gasteiger partial charge in [0, 0.05) is 37.2 Å². The van der Waals surface area contributed by atoms with E-state index in [1.807, 2.05) is 24.1 Å². The number of hydrogen-bond acceptors (Lipinski definition) is 5. The van der Waals surface area contributed by atoms with E-state index >= 15 is 0 Å². The molecule has 1 aliphatic rings. The molecule has 2 aromatic heterocycles. The molecule has 0 radical (unpaired) electrons. The average molecular weight is 249 g/mol. The van der Waals surface area contributed by atoms with Crippen LogP contribution in [0.3, 0.4) is 0 Å². The van der Waals surface area contributed by atoms with Crippen molar-refractivity contribution in [3.63, 3.8) is 0 Å². The van der Waals surface area contributed by atoms with Crippen molar-refractivity contribution in [3.05, 3.63) is 23.8 Å². The van der Waals surface area contributed by atoms with Crippen LogP contribution in [0.15, 0.2) is 12.4 Å². The molecule has 0 amide bonds. The standard InChI is InChI=1S/C11H15N5S/c1-16-7-8(6-13-16)4-5-12-11-14-10(15-17-11)9-2-3-9/h6-7,9H,2-5H2,1H3,(H,12,14,15). The van der Waals surface area contributed by atoms with Gasteiger partial charge in [-0.05, 0) is 24.8 Å². The number of nitrogens with zero attached hydrogens (tertiary/aromatic N) is 4. The molecule has 1 saturated carbocycles. The van der Waals surface area contributed by atoms with E-state index in [1.165, 1.54) is 29.9 Å². The number of aryl methyl sites for hydroxylation is 1. The van der Waals surface area contributed by atoms with Crippen molar-refractivity contribution < 1.29 is 0 Å². The molecule has 3 rings (SSSR count). The molecular formula is C11H15N5S. The highest BCUT2D eigenvalue weighted by Crippen LogP contribution is 2.39. The Morgan fingerprint density at radius 2 is 2.41 bits per heavy atom. The lowest BCUT2D eigenvalue weighted by Crippen LogP contribution is -2.04. The number of nitrogens with one attached hydrogen (secondary N) is 1. The number of hydrogen-bond donors (Lipinski definition) is 1.